The summed E-state index contributed by atoms with van der Waals surface area (Å²) in [7, 11) is 1.86. The molecular weight excluding hydrogens is 414 g/mol. The highest BCUT2D eigenvalue weighted by molar-refractivity contribution is 7.98. The topological polar surface area (TPSA) is 88.8 Å². The van der Waals surface area contributed by atoms with Gasteiger partial charge in [0, 0.05) is 34.3 Å². The van der Waals surface area contributed by atoms with Crippen LogP contribution in [-0.2, 0) is 24.1 Å². The minimum atomic E-state index is -1.03. The van der Waals surface area contributed by atoms with E-state index in [1.807, 2.05) is 17.7 Å². The van der Waals surface area contributed by atoms with Gasteiger partial charge in [0.25, 0.3) is 0 Å². The van der Waals surface area contributed by atoms with Crippen molar-refractivity contribution in [1.82, 2.24) is 4.57 Å². The van der Waals surface area contributed by atoms with Crippen LogP contribution in [0.3, 0.4) is 0 Å². The van der Waals surface area contributed by atoms with Gasteiger partial charge in [0.05, 0.1) is 29.4 Å². The van der Waals surface area contributed by atoms with Crippen LogP contribution < -0.4 is 0 Å². The molecule has 6 nitrogen and oxygen atoms in total. The number of carbonyl (C=O) groups is 2. The van der Waals surface area contributed by atoms with Crippen LogP contribution in [0.2, 0.25) is 5.02 Å². The number of hydrogen-bond acceptors (Lipinski definition) is 5. The van der Waals surface area contributed by atoms with Crippen molar-refractivity contribution >= 4 is 46.2 Å². The Morgan fingerprint density at radius 3 is 2.62 bits per heavy atom. The first-order valence-electron chi connectivity index (χ1n) is 8.91. The quantitative estimate of drug-likeness (QED) is 0.421. The number of rotatable bonds is 7. The van der Waals surface area contributed by atoms with E-state index in [-0.39, 0.29) is 18.8 Å². The van der Waals surface area contributed by atoms with E-state index in [2.05, 4.69) is 0 Å². The minimum Gasteiger partial charge on any atom is -0.478 e. The molecule has 0 bridgehead atoms. The van der Waals surface area contributed by atoms with Gasteiger partial charge in [-0.1, -0.05) is 17.7 Å². The van der Waals surface area contributed by atoms with E-state index in [0.29, 0.717) is 32.2 Å². The SMILES string of the molecule is CCOC(=O)c1c(CSc2cc(C(=O)O)ccc2Cl)n(C)c2ccc(CO)cc12. The second kappa shape index (κ2) is 8.90. The summed E-state index contributed by atoms with van der Waals surface area (Å²) in [5.41, 5.74) is 2.86. The Bertz CT molecular complexity index is 1090. The maximum atomic E-state index is 12.7. The molecule has 0 atom stereocenters. The van der Waals surface area contributed by atoms with Crippen molar-refractivity contribution in [3.63, 3.8) is 0 Å². The van der Waals surface area contributed by atoms with E-state index < -0.39 is 11.9 Å². The normalized spacial score (nSPS) is 11.0. The molecule has 0 radical (unpaired) electrons. The molecule has 0 unspecified atom stereocenters. The lowest BCUT2D eigenvalue weighted by Crippen LogP contribution is -2.08. The number of aryl methyl sites for hydroxylation is 1. The van der Waals surface area contributed by atoms with Crippen LogP contribution in [-0.4, -0.2) is 33.3 Å². The molecule has 8 heteroatoms. The van der Waals surface area contributed by atoms with Crippen LogP contribution in [0.1, 0.15) is 38.9 Å². The third-order valence-corrected chi connectivity index (χ3v) is 6.10. The zero-order chi connectivity index (χ0) is 21.1. The summed E-state index contributed by atoms with van der Waals surface area (Å²) in [6.45, 7) is 1.86. The molecule has 0 aliphatic carbocycles. The van der Waals surface area contributed by atoms with E-state index >= 15 is 0 Å². The highest BCUT2D eigenvalue weighted by Gasteiger charge is 2.23. The summed E-state index contributed by atoms with van der Waals surface area (Å²) >= 11 is 7.58. The van der Waals surface area contributed by atoms with Crippen LogP contribution in [0.4, 0.5) is 0 Å². The average molecular weight is 434 g/mol. The zero-order valence-electron chi connectivity index (χ0n) is 15.9. The van der Waals surface area contributed by atoms with Crippen molar-refractivity contribution < 1.29 is 24.5 Å². The van der Waals surface area contributed by atoms with E-state index in [9.17, 15) is 19.8 Å². The Morgan fingerprint density at radius 2 is 1.97 bits per heavy atom. The van der Waals surface area contributed by atoms with E-state index in [1.54, 1.807) is 25.1 Å². The Hall–Kier alpha value is -2.48. The van der Waals surface area contributed by atoms with Crippen LogP contribution in [0.15, 0.2) is 41.3 Å². The molecule has 0 saturated heterocycles. The molecule has 0 spiro atoms. The number of hydrogen-bond donors (Lipinski definition) is 2. The molecule has 2 N–H and O–H groups in total. The smallest absolute Gasteiger partial charge is 0.340 e. The van der Waals surface area contributed by atoms with Gasteiger partial charge in [-0.15, -0.1) is 11.8 Å². The number of carboxylic acid groups (broad SMARTS) is 1. The van der Waals surface area contributed by atoms with Gasteiger partial charge >= 0.3 is 11.9 Å². The highest BCUT2D eigenvalue weighted by Crippen LogP contribution is 2.35. The molecule has 0 fully saturated rings. The Morgan fingerprint density at radius 1 is 1.21 bits per heavy atom. The number of esters is 1. The van der Waals surface area contributed by atoms with Crippen LogP contribution in [0.25, 0.3) is 10.9 Å². The molecule has 0 aliphatic rings. The maximum absolute atomic E-state index is 12.7. The number of carbonyl (C=O) groups excluding carboxylic acids is 1. The number of ether oxygens (including phenoxy) is 1. The molecule has 0 saturated carbocycles. The Labute approximate surface area is 177 Å². The van der Waals surface area contributed by atoms with Gasteiger partial charge in [-0.25, -0.2) is 9.59 Å². The zero-order valence-corrected chi connectivity index (χ0v) is 17.5. The monoisotopic (exact) mass is 433 g/mol. The lowest BCUT2D eigenvalue weighted by molar-refractivity contribution is 0.0527. The van der Waals surface area contributed by atoms with Crippen LogP contribution >= 0.6 is 23.4 Å². The molecule has 3 aromatic rings. The average Bonchev–Trinajstić information content (AvgIpc) is 2.98. The van der Waals surface area contributed by atoms with Gasteiger partial charge in [0.2, 0.25) is 0 Å². The number of thioether (sulfide) groups is 1. The summed E-state index contributed by atoms with van der Waals surface area (Å²) in [5.74, 6) is -1.08. The lowest BCUT2D eigenvalue weighted by atomic mass is 10.1. The molecule has 152 valence electrons. The first-order valence-corrected chi connectivity index (χ1v) is 10.3. The second-order valence-corrected chi connectivity index (χ2v) is 7.77. The second-order valence-electron chi connectivity index (χ2n) is 6.35. The number of aliphatic hydroxyl groups excluding tert-OH is 1. The first kappa shape index (κ1) is 21.2. The standard InChI is InChI=1S/C21H20ClNO5S/c1-3-28-21(27)19-14-8-12(10-24)4-7-16(14)23(2)17(19)11-29-18-9-13(20(25)26)5-6-15(18)22/h4-9,24H,3,10-11H2,1-2H3,(H,25,26). The van der Waals surface area contributed by atoms with Crippen molar-refractivity contribution in [2.24, 2.45) is 7.05 Å². The molecule has 29 heavy (non-hydrogen) atoms. The van der Waals surface area contributed by atoms with Crippen LogP contribution in [0.5, 0.6) is 0 Å². The fourth-order valence-corrected chi connectivity index (χ4v) is 4.46. The summed E-state index contributed by atoms with van der Waals surface area (Å²) in [6.07, 6.45) is 0. The molecular formula is C21H20ClNO5S. The van der Waals surface area contributed by atoms with E-state index in [4.69, 9.17) is 16.3 Å². The van der Waals surface area contributed by atoms with Crippen molar-refractivity contribution in [1.29, 1.82) is 0 Å². The number of aliphatic hydroxyl groups is 1. The molecule has 0 aliphatic heterocycles. The van der Waals surface area contributed by atoms with Crippen molar-refractivity contribution in [2.45, 2.75) is 24.2 Å². The first-order chi connectivity index (χ1) is 13.9. The number of benzene rings is 2. The number of halogens is 1. The molecule has 1 aromatic heterocycles. The van der Waals surface area contributed by atoms with Gasteiger partial charge in [-0.2, -0.15) is 0 Å². The minimum absolute atomic E-state index is 0.130. The van der Waals surface area contributed by atoms with E-state index in [0.717, 1.165) is 11.2 Å². The fraction of sp³-hybridized carbons (Fsp3) is 0.238. The van der Waals surface area contributed by atoms with Crippen molar-refractivity contribution in [2.75, 3.05) is 6.61 Å². The van der Waals surface area contributed by atoms with Crippen molar-refractivity contribution in [3.8, 4) is 0 Å². The third-order valence-electron chi connectivity index (χ3n) is 4.59. The van der Waals surface area contributed by atoms with Gasteiger partial charge in [-0.05, 0) is 42.8 Å². The number of aromatic carboxylic acids is 1. The largest absolute Gasteiger partial charge is 0.478 e. The predicted octanol–water partition coefficient (Wildman–Crippen LogP) is 4.49. The van der Waals surface area contributed by atoms with Crippen molar-refractivity contribution in [3.05, 3.63) is 63.8 Å². The number of carboxylic acids is 1. The molecule has 1 heterocycles. The summed E-state index contributed by atoms with van der Waals surface area (Å²) in [6, 6.07) is 9.97. The van der Waals surface area contributed by atoms with Gasteiger partial charge in [0.1, 0.15) is 0 Å². The Kier molecular flexibility index (Phi) is 6.52. The van der Waals surface area contributed by atoms with Gasteiger partial charge in [0.15, 0.2) is 0 Å². The number of fused-ring (bicyclic) bond motifs is 1. The summed E-state index contributed by atoms with van der Waals surface area (Å²) in [5, 5.41) is 19.8. The third kappa shape index (κ3) is 4.27. The number of aromatic nitrogens is 1. The fourth-order valence-electron chi connectivity index (χ4n) is 3.14. The number of nitrogens with zero attached hydrogens (tertiary/aromatic N) is 1. The Balaban J connectivity index is 2.06. The predicted molar refractivity (Wildman–Crippen MR) is 113 cm³/mol. The van der Waals surface area contributed by atoms with Crippen LogP contribution in [0, 0.1) is 0 Å². The van der Waals surface area contributed by atoms with Gasteiger partial charge < -0.3 is 19.5 Å². The van der Waals surface area contributed by atoms with E-state index in [1.165, 1.54) is 23.9 Å². The highest BCUT2D eigenvalue weighted by atomic mass is 35.5. The van der Waals surface area contributed by atoms with Gasteiger partial charge in [-0.3, -0.25) is 0 Å². The summed E-state index contributed by atoms with van der Waals surface area (Å²) < 4.78 is 7.17. The molecule has 3 rings (SSSR count). The molecule has 0 amide bonds. The lowest BCUT2D eigenvalue weighted by Gasteiger charge is -2.09. The maximum Gasteiger partial charge on any atom is 0.340 e. The summed E-state index contributed by atoms with van der Waals surface area (Å²) in [4.78, 5) is 24.6. The molecule has 2 aromatic carbocycles.